The molecule has 4 aromatic rings. The van der Waals surface area contributed by atoms with Gasteiger partial charge in [0.25, 0.3) is 11.6 Å². The van der Waals surface area contributed by atoms with Gasteiger partial charge in [0.05, 0.1) is 15.1 Å². The quantitative estimate of drug-likeness (QED) is 0.318. The predicted molar refractivity (Wildman–Crippen MR) is 136 cm³/mol. The lowest BCUT2D eigenvalue weighted by Crippen LogP contribution is -2.43. The van der Waals surface area contributed by atoms with Gasteiger partial charge >= 0.3 is 0 Å². The summed E-state index contributed by atoms with van der Waals surface area (Å²) in [5.41, 5.74) is 4.11. The Bertz CT molecular complexity index is 1360. The molecule has 0 aliphatic carbocycles. The molecule has 0 saturated carbocycles. The number of nitrogens with zero attached hydrogens (tertiary/aromatic N) is 3. The average Bonchev–Trinajstić information content (AvgIpc) is 3.30. The second-order valence-corrected chi connectivity index (χ2v) is 9.20. The summed E-state index contributed by atoms with van der Waals surface area (Å²) in [7, 11) is 0. The Balaban J connectivity index is 1.42. The molecule has 8 nitrogen and oxygen atoms in total. The number of para-hydroxylation sites is 1. The normalized spacial score (nSPS) is 13.7. The number of benzene rings is 3. The summed E-state index contributed by atoms with van der Waals surface area (Å²) < 4.78 is 1.10. The van der Waals surface area contributed by atoms with Gasteiger partial charge in [-0.3, -0.25) is 14.9 Å². The van der Waals surface area contributed by atoms with Gasteiger partial charge in [-0.15, -0.1) is 11.3 Å². The zero-order valence-corrected chi connectivity index (χ0v) is 19.4. The Hall–Kier alpha value is -3.82. The molecule has 34 heavy (non-hydrogen) atoms. The topological polar surface area (TPSA) is 100 Å². The number of carbonyl (C=O) groups excluding carboxylic acids is 1. The summed E-state index contributed by atoms with van der Waals surface area (Å²) >= 11 is 1.59. The lowest BCUT2D eigenvalue weighted by molar-refractivity contribution is -0.384. The molecular weight excluding hydrogens is 450 g/mol. The van der Waals surface area contributed by atoms with Crippen molar-refractivity contribution in [1.82, 2.24) is 10.3 Å². The Kier molecular flexibility index (Phi) is 5.95. The van der Waals surface area contributed by atoms with Crippen molar-refractivity contribution >= 4 is 44.5 Å². The van der Waals surface area contributed by atoms with E-state index in [9.17, 15) is 14.9 Å². The maximum Gasteiger partial charge on any atom is 0.293 e. The Morgan fingerprint density at radius 1 is 1.12 bits per heavy atom. The number of aryl methyl sites for hydroxylation is 1. The Morgan fingerprint density at radius 3 is 2.68 bits per heavy atom. The molecule has 9 heteroatoms. The lowest BCUT2D eigenvalue weighted by atomic mass is 10.1. The summed E-state index contributed by atoms with van der Waals surface area (Å²) in [5, 5.41) is 18.8. The van der Waals surface area contributed by atoms with Crippen LogP contribution in [-0.2, 0) is 0 Å². The van der Waals surface area contributed by atoms with E-state index in [4.69, 9.17) is 4.98 Å². The molecule has 1 saturated heterocycles. The average molecular weight is 474 g/mol. The molecule has 1 fully saturated rings. The Morgan fingerprint density at radius 2 is 1.91 bits per heavy atom. The van der Waals surface area contributed by atoms with Gasteiger partial charge in [-0.1, -0.05) is 24.3 Å². The number of hydrogen-bond acceptors (Lipinski definition) is 7. The van der Waals surface area contributed by atoms with Crippen LogP contribution in [0.5, 0.6) is 0 Å². The van der Waals surface area contributed by atoms with Gasteiger partial charge in [0.15, 0.2) is 0 Å². The van der Waals surface area contributed by atoms with Gasteiger partial charge in [0.1, 0.15) is 10.7 Å². The molecule has 2 N–H and O–H groups in total. The third-order valence-corrected chi connectivity index (χ3v) is 7.00. The largest absolute Gasteiger partial charge is 0.363 e. The summed E-state index contributed by atoms with van der Waals surface area (Å²) in [6.07, 6.45) is 0. The first-order valence-electron chi connectivity index (χ1n) is 11.0. The van der Waals surface area contributed by atoms with E-state index in [2.05, 4.69) is 10.6 Å². The summed E-state index contributed by atoms with van der Waals surface area (Å²) in [5.74, 6) is -0.389. The standard InChI is InChI=1S/C25H23N5O3S/c1-16-6-7-18(25-28-19-4-2-3-5-23(19)34-25)14-20(16)27-24(31)17-8-9-21(22(15-17)30(32)33)29-12-10-26-11-13-29/h2-9,14-15,26H,10-13H2,1H3,(H,27,31). The number of aromatic nitrogens is 1. The molecule has 0 spiro atoms. The van der Waals surface area contributed by atoms with E-state index in [1.54, 1.807) is 23.5 Å². The van der Waals surface area contributed by atoms with Crippen molar-refractivity contribution in [3.63, 3.8) is 0 Å². The SMILES string of the molecule is Cc1ccc(-c2nc3ccccc3s2)cc1NC(=O)c1ccc(N2CCNCC2)c([N+](=O)[O-])c1. The fourth-order valence-corrected chi connectivity index (χ4v) is 5.03. The predicted octanol–water partition coefficient (Wildman–Crippen LogP) is 4.84. The summed E-state index contributed by atoms with van der Waals surface area (Å²) in [6.45, 7) is 4.81. The van der Waals surface area contributed by atoms with Crippen molar-refractivity contribution in [2.45, 2.75) is 6.92 Å². The maximum absolute atomic E-state index is 13.0. The third kappa shape index (κ3) is 4.35. The summed E-state index contributed by atoms with van der Waals surface area (Å²) in [4.78, 5) is 31.0. The molecule has 5 rings (SSSR count). The van der Waals surface area contributed by atoms with Gasteiger partial charge in [-0.05, 0) is 42.8 Å². The highest BCUT2D eigenvalue weighted by molar-refractivity contribution is 7.21. The fraction of sp³-hybridized carbons (Fsp3) is 0.200. The highest BCUT2D eigenvalue weighted by Crippen LogP contribution is 2.33. The molecule has 1 aromatic heterocycles. The molecule has 0 unspecified atom stereocenters. The molecule has 1 amide bonds. The van der Waals surface area contributed by atoms with Crippen molar-refractivity contribution in [3.05, 3.63) is 81.9 Å². The van der Waals surface area contributed by atoms with Crippen LogP contribution in [0.25, 0.3) is 20.8 Å². The molecule has 3 aromatic carbocycles. The van der Waals surface area contributed by atoms with Gasteiger partial charge in [-0.2, -0.15) is 0 Å². The number of fused-ring (bicyclic) bond motifs is 1. The fourth-order valence-electron chi connectivity index (χ4n) is 4.06. The van der Waals surface area contributed by atoms with Crippen LogP contribution in [0.4, 0.5) is 17.1 Å². The van der Waals surface area contributed by atoms with Crippen LogP contribution in [-0.4, -0.2) is 42.0 Å². The first-order valence-corrected chi connectivity index (χ1v) is 11.8. The first-order chi connectivity index (χ1) is 16.5. The second-order valence-electron chi connectivity index (χ2n) is 8.17. The monoisotopic (exact) mass is 473 g/mol. The van der Waals surface area contributed by atoms with E-state index in [0.29, 0.717) is 24.5 Å². The Labute approximate surface area is 200 Å². The molecule has 0 atom stereocenters. The van der Waals surface area contributed by atoms with Crippen molar-refractivity contribution in [1.29, 1.82) is 0 Å². The van der Waals surface area contributed by atoms with Gasteiger partial charge in [0, 0.05) is 49.1 Å². The van der Waals surface area contributed by atoms with Crippen LogP contribution in [0.3, 0.4) is 0 Å². The van der Waals surface area contributed by atoms with Crippen molar-refractivity contribution in [2.75, 3.05) is 36.4 Å². The molecule has 0 bridgehead atoms. The lowest BCUT2D eigenvalue weighted by Gasteiger charge is -2.29. The van der Waals surface area contributed by atoms with E-state index < -0.39 is 4.92 Å². The highest BCUT2D eigenvalue weighted by atomic mass is 32.1. The van der Waals surface area contributed by atoms with Crippen molar-refractivity contribution < 1.29 is 9.72 Å². The molecule has 0 radical (unpaired) electrons. The third-order valence-electron chi connectivity index (χ3n) is 5.92. The smallest absolute Gasteiger partial charge is 0.293 e. The molecule has 1 aliphatic heterocycles. The second kappa shape index (κ2) is 9.20. The first kappa shape index (κ1) is 22.0. The minimum absolute atomic E-state index is 0.0606. The molecular formula is C25H23N5O3S. The minimum atomic E-state index is -0.423. The number of carbonyl (C=O) groups is 1. The number of nitro benzene ring substituents is 1. The van der Waals surface area contributed by atoms with Crippen LogP contribution in [0.2, 0.25) is 0 Å². The van der Waals surface area contributed by atoms with Gasteiger partial charge in [0.2, 0.25) is 0 Å². The van der Waals surface area contributed by atoms with E-state index in [1.165, 1.54) is 6.07 Å². The van der Waals surface area contributed by atoms with Crippen LogP contribution >= 0.6 is 11.3 Å². The van der Waals surface area contributed by atoms with E-state index in [0.717, 1.165) is 39.4 Å². The van der Waals surface area contributed by atoms with Crippen LogP contribution in [0.1, 0.15) is 15.9 Å². The number of hydrogen-bond donors (Lipinski definition) is 2. The van der Waals surface area contributed by atoms with Gasteiger partial charge < -0.3 is 15.5 Å². The number of nitrogens with one attached hydrogen (secondary N) is 2. The highest BCUT2D eigenvalue weighted by Gasteiger charge is 2.23. The van der Waals surface area contributed by atoms with Crippen LogP contribution in [0.15, 0.2) is 60.7 Å². The van der Waals surface area contributed by atoms with E-state index in [1.807, 2.05) is 54.3 Å². The zero-order valence-electron chi connectivity index (χ0n) is 18.6. The van der Waals surface area contributed by atoms with Crippen molar-refractivity contribution in [3.8, 4) is 10.6 Å². The van der Waals surface area contributed by atoms with E-state index in [-0.39, 0.29) is 17.2 Å². The summed E-state index contributed by atoms with van der Waals surface area (Å²) in [6, 6.07) is 18.4. The number of anilines is 2. The van der Waals surface area contributed by atoms with Crippen molar-refractivity contribution in [2.24, 2.45) is 0 Å². The molecule has 2 heterocycles. The number of thiazole rings is 1. The molecule has 1 aliphatic rings. The van der Waals surface area contributed by atoms with Crippen LogP contribution < -0.4 is 15.5 Å². The van der Waals surface area contributed by atoms with Gasteiger partial charge in [-0.25, -0.2) is 4.98 Å². The minimum Gasteiger partial charge on any atom is -0.363 e. The number of nitro groups is 1. The zero-order chi connectivity index (χ0) is 23.7. The molecule has 172 valence electrons. The maximum atomic E-state index is 13.0. The van der Waals surface area contributed by atoms with E-state index >= 15 is 0 Å². The number of rotatable bonds is 5. The number of amides is 1. The van der Waals surface area contributed by atoms with Crippen LogP contribution in [0, 0.1) is 17.0 Å². The number of piperazine rings is 1.